The number of carbonyl (C=O) groups excluding carboxylic acids is 1. The highest BCUT2D eigenvalue weighted by Crippen LogP contribution is 2.22. The highest BCUT2D eigenvalue weighted by Gasteiger charge is 2.25. The second-order valence-corrected chi connectivity index (χ2v) is 4.34. The van der Waals surface area contributed by atoms with Crippen LogP contribution < -0.4 is 10.6 Å². The number of carboxylic acid groups (broad SMARTS) is 1. The number of hydrogen-bond donors (Lipinski definition) is 2. The van der Waals surface area contributed by atoms with Crippen molar-refractivity contribution in [1.29, 1.82) is 0 Å². The molecule has 1 amide bonds. The molecule has 0 aromatic carbocycles. The number of hydrogen-bond acceptors (Lipinski definition) is 4. The Balaban J connectivity index is 0.00000180. The third kappa shape index (κ3) is 3.57. The highest BCUT2D eigenvalue weighted by molar-refractivity contribution is 5.91. The Bertz CT molecular complexity index is 473. The van der Waals surface area contributed by atoms with Gasteiger partial charge in [-0.3, -0.25) is 9.59 Å². The number of halogens is 1. The van der Waals surface area contributed by atoms with Gasteiger partial charge in [-0.05, 0) is 25.0 Å². The highest BCUT2D eigenvalue weighted by atomic mass is 35.5. The van der Waals surface area contributed by atoms with Crippen LogP contribution in [0.5, 0.6) is 0 Å². The van der Waals surface area contributed by atoms with E-state index in [9.17, 15) is 9.59 Å². The first-order valence-electron chi connectivity index (χ1n) is 5.82. The molecule has 1 saturated heterocycles. The van der Waals surface area contributed by atoms with Crippen molar-refractivity contribution >= 4 is 30.1 Å². The largest absolute Gasteiger partial charge is 0.481 e. The molecule has 6 nitrogen and oxygen atoms in total. The third-order valence-corrected chi connectivity index (χ3v) is 3.16. The molecule has 2 rings (SSSR count). The predicted octanol–water partition coefficient (Wildman–Crippen LogP) is 0.903. The lowest BCUT2D eigenvalue weighted by atomic mass is 9.97. The molecule has 1 aromatic heterocycles. The summed E-state index contributed by atoms with van der Waals surface area (Å²) in [5.74, 6) is -0.901. The van der Waals surface area contributed by atoms with E-state index < -0.39 is 11.9 Å². The monoisotopic (exact) mass is 285 g/mol. The van der Waals surface area contributed by atoms with E-state index in [0.29, 0.717) is 31.7 Å². The number of anilines is 1. The number of aliphatic carboxylic acids is 1. The zero-order valence-corrected chi connectivity index (χ0v) is 11.1. The number of amides is 1. The lowest BCUT2D eigenvalue weighted by molar-refractivity contribution is -0.142. The van der Waals surface area contributed by atoms with Crippen LogP contribution in [0, 0.1) is 5.92 Å². The SMILES string of the molecule is Cl.NC(=O)c1cccc(N2CCC(C(=O)O)CC2)n1. The number of carboxylic acids is 1. The Labute approximate surface area is 117 Å². The van der Waals surface area contributed by atoms with E-state index in [0.717, 1.165) is 0 Å². The predicted molar refractivity (Wildman–Crippen MR) is 72.6 cm³/mol. The molecule has 7 heteroatoms. The van der Waals surface area contributed by atoms with Gasteiger partial charge in [0.15, 0.2) is 0 Å². The van der Waals surface area contributed by atoms with Crippen LogP contribution >= 0.6 is 12.4 Å². The average Bonchev–Trinajstić information content (AvgIpc) is 2.39. The summed E-state index contributed by atoms with van der Waals surface area (Å²) in [4.78, 5) is 28.0. The van der Waals surface area contributed by atoms with Gasteiger partial charge in [0.25, 0.3) is 5.91 Å². The molecule has 3 N–H and O–H groups in total. The fourth-order valence-corrected chi connectivity index (χ4v) is 2.09. The second kappa shape index (κ2) is 6.38. The van der Waals surface area contributed by atoms with Gasteiger partial charge in [0.1, 0.15) is 11.5 Å². The fourth-order valence-electron chi connectivity index (χ4n) is 2.09. The molecular weight excluding hydrogens is 270 g/mol. The Morgan fingerprint density at radius 2 is 1.95 bits per heavy atom. The first-order chi connectivity index (χ1) is 8.58. The van der Waals surface area contributed by atoms with E-state index in [2.05, 4.69) is 4.98 Å². The van der Waals surface area contributed by atoms with E-state index in [4.69, 9.17) is 10.8 Å². The van der Waals surface area contributed by atoms with Gasteiger partial charge < -0.3 is 15.7 Å². The zero-order chi connectivity index (χ0) is 13.1. The number of nitrogens with zero attached hydrogens (tertiary/aromatic N) is 2. The number of aromatic nitrogens is 1. The average molecular weight is 286 g/mol. The second-order valence-electron chi connectivity index (χ2n) is 4.34. The van der Waals surface area contributed by atoms with E-state index in [1.165, 1.54) is 0 Å². The standard InChI is InChI=1S/C12H15N3O3.ClH/c13-11(16)9-2-1-3-10(14-9)15-6-4-8(5-7-15)12(17)18;/h1-3,8H,4-7H2,(H2,13,16)(H,17,18);1H. The quantitative estimate of drug-likeness (QED) is 0.860. The summed E-state index contributed by atoms with van der Waals surface area (Å²) in [6.07, 6.45) is 1.19. The maximum absolute atomic E-state index is 11.0. The topological polar surface area (TPSA) is 96.5 Å². The molecular formula is C12H16ClN3O3. The van der Waals surface area contributed by atoms with Crippen LogP contribution in [0.1, 0.15) is 23.3 Å². The first-order valence-corrected chi connectivity index (χ1v) is 5.82. The number of piperidine rings is 1. The van der Waals surface area contributed by atoms with Gasteiger partial charge in [-0.25, -0.2) is 4.98 Å². The van der Waals surface area contributed by atoms with Crippen molar-refractivity contribution in [2.24, 2.45) is 11.7 Å². The molecule has 1 aromatic rings. The summed E-state index contributed by atoms with van der Waals surface area (Å²) < 4.78 is 0. The summed E-state index contributed by atoms with van der Waals surface area (Å²) in [6.45, 7) is 1.26. The molecule has 1 fully saturated rings. The molecule has 2 heterocycles. The van der Waals surface area contributed by atoms with Crippen molar-refractivity contribution in [2.45, 2.75) is 12.8 Å². The smallest absolute Gasteiger partial charge is 0.306 e. The molecule has 0 spiro atoms. The summed E-state index contributed by atoms with van der Waals surface area (Å²) in [6, 6.07) is 5.09. The van der Waals surface area contributed by atoms with Crippen LogP contribution in [-0.2, 0) is 4.79 Å². The van der Waals surface area contributed by atoms with Crippen LogP contribution in [0.2, 0.25) is 0 Å². The van der Waals surface area contributed by atoms with Crippen molar-refractivity contribution in [3.63, 3.8) is 0 Å². The number of carbonyl (C=O) groups is 2. The van der Waals surface area contributed by atoms with Crippen molar-refractivity contribution in [1.82, 2.24) is 4.98 Å². The molecule has 0 saturated carbocycles. The summed E-state index contributed by atoms with van der Waals surface area (Å²) in [5.41, 5.74) is 5.41. The van der Waals surface area contributed by atoms with Gasteiger partial charge in [-0.2, -0.15) is 0 Å². The van der Waals surface area contributed by atoms with E-state index in [-0.39, 0.29) is 24.0 Å². The van der Waals surface area contributed by atoms with Crippen molar-refractivity contribution in [2.75, 3.05) is 18.0 Å². The maximum Gasteiger partial charge on any atom is 0.306 e. The van der Waals surface area contributed by atoms with Crippen LogP contribution in [0.15, 0.2) is 18.2 Å². The van der Waals surface area contributed by atoms with Gasteiger partial charge in [-0.15, -0.1) is 12.4 Å². The normalized spacial score (nSPS) is 15.7. The van der Waals surface area contributed by atoms with Gasteiger partial charge in [-0.1, -0.05) is 6.07 Å². The summed E-state index contributed by atoms with van der Waals surface area (Å²) in [5, 5.41) is 8.92. The van der Waals surface area contributed by atoms with Gasteiger partial charge in [0.2, 0.25) is 0 Å². The van der Waals surface area contributed by atoms with Crippen molar-refractivity contribution in [3.8, 4) is 0 Å². The lowest BCUT2D eigenvalue weighted by Gasteiger charge is -2.31. The summed E-state index contributed by atoms with van der Waals surface area (Å²) >= 11 is 0. The molecule has 0 atom stereocenters. The molecule has 19 heavy (non-hydrogen) atoms. The zero-order valence-electron chi connectivity index (χ0n) is 10.3. The molecule has 0 radical (unpaired) electrons. The van der Waals surface area contributed by atoms with Crippen LogP contribution in [0.4, 0.5) is 5.82 Å². The van der Waals surface area contributed by atoms with Crippen molar-refractivity contribution < 1.29 is 14.7 Å². The Hall–Kier alpha value is -1.82. The molecule has 0 aliphatic carbocycles. The molecule has 104 valence electrons. The maximum atomic E-state index is 11.0. The number of nitrogens with two attached hydrogens (primary N) is 1. The summed E-state index contributed by atoms with van der Waals surface area (Å²) in [7, 11) is 0. The molecule has 1 aliphatic rings. The van der Waals surface area contributed by atoms with Gasteiger partial charge in [0, 0.05) is 13.1 Å². The van der Waals surface area contributed by atoms with E-state index >= 15 is 0 Å². The number of rotatable bonds is 3. The number of primary amides is 1. The minimum atomic E-state index is -0.742. The van der Waals surface area contributed by atoms with Crippen LogP contribution in [-0.4, -0.2) is 35.1 Å². The third-order valence-electron chi connectivity index (χ3n) is 3.16. The van der Waals surface area contributed by atoms with Gasteiger partial charge in [0.05, 0.1) is 5.92 Å². The van der Waals surface area contributed by atoms with Gasteiger partial charge >= 0.3 is 5.97 Å². The lowest BCUT2D eigenvalue weighted by Crippen LogP contribution is -2.37. The van der Waals surface area contributed by atoms with Crippen molar-refractivity contribution in [3.05, 3.63) is 23.9 Å². The van der Waals surface area contributed by atoms with E-state index in [1.54, 1.807) is 18.2 Å². The van der Waals surface area contributed by atoms with Crippen LogP contribution in [0.25, 0.3) is 0 Å². The Morgan fingerprint density at radius 3 is 2.47 bits per heavy atom. The number of pyridine rings is 1. The van der Waals surface area contributed by atoms with Crippen LogP contribution in [0.3, 0.4) is 0 Å². The molecule has 0 bridgehead atoms. The van der Waals surface area contributed by atoms with E-state index in [1.807, 2.05) is 4.90 Å². The minimum Gasteiger partial charge on any atom is -0.481 e. The Kier molecular flexibility index (Phi) is 5.11. The first kappa shape index (κ1) is 15.2. The fraction of sp³-hybridized carbons (Fsp3) is 0.417. The Morgan fingerprint density at radius 1 is 1.32 bits per heavy atom. The minimum absolute atomic E-state index is 0. The molecule has 1 aliphatic heterocycles. The molecule has 0 unspecified atom stereocenters.